The number of fused-ring (bicyclic) bond motifs is 1. The summed E-state index contributed by atoms with van der Waals surface area (Å²) >= 11 is 0. The number of rotatable bonds is 0. The Labute approximate surface area is 68.4 Å². The van der Waals surface area contributed by atoms with Gasteiger partial charge in [-0.3, -0.25) is 0 Å². The van der Waals surface area contributed by atoms with Crippen LogP contribution in [0.5, 0.6) is 5.75 Å². The van der Waals surface area contributed by atoms with Crippen LogP contribution in [0.4, 0.5) is 0 Å². The van der Waals surface area contributed by atoms with Crippen molar-refractivity contribution in [2.75, 3.05) is 0 Å². The second-order valence-corrected chi connectivity index (χ2v) is 2.97. The Morgan fingerprint density at radius 1 is 1.36 bits per heavy atom. The van der Waals surface area contributed by atoms with Crippen molar-refractivity contribution in [1.29, 1.82) is 0 Å². The molecule has 0 saturated carbocycles. The van der Waals surface area contributed by atoms with E-state index in [4.69, 9.17) is 6.11 Å². The minimum atomic E-state index is -0.788. The summed E-state index contributed by atoms with van der Waals surface area (Å²) in [5, 5.41) is 0. The van der Waals surface area contributed by atoms with E-state index in [1.165, 1.54) is 0 Å². The average molecular weight is 149 g/mol. The largest absolute Gasteiger partial charge is 0.490 e. The third-order valence-corrected chi connectivity index (χ3v) is 2.27. The van der Waals surface area contributed by atoms with Crippen LogP contribution in [0.3, 0.4) is 0 Å². The fourth-order valence-electron chi connectivity index (χ4n) is 1.41. The molecule has 0 spiro atoms. The van der Waals surface area contributed by atoms with Gasteiger partial charge in [-0.05, 0) is 13.0 Å². The lowest BCUT2D eigenvalue weighted by molar-refractivity contribution is 0.232. The van der Waals surface area contributed by atoms with Gasteiger partial charge >= 0.3 is 0 Å². The van der Waals surface area contributed by atoms with Gasteiger partial charge in [-0.1, -0.05) is 25.1 Å². The molecule has 1 nitrogen and oxygen atoms in total. The molecule has 0 saturated heterocycles. The quantitative estimate of drug-likeness (QED) is 0.551. The Bertz CT molecular complexity index is 306. The Kier molecular flexibility index (Phi) is 1.16. The topological polar surface area (TPSA) is 9.23 Å². The van der Waals surface area contributed by atoms with Crippen LogP contribution in [0.25, 0.3) is 0 Å². The van der Waals surface area contributed by atoms with Gasteiger partial charge in [0.05, 0.1) is 1.37 Å². The lowest BCUT2D eigenvalue weighted by Gasteiger charge is -2.06. The zero-order valence-corrected chi connectivity index (χ0v) is 6.79. The molecule has 0 bridgehead atoms. The van der Waals surface area contributed by atoms with Crippen molar-refractivity contribution in [2.45, 2.75) is 25.8 Å². The van der Waals surface area contributed by atoms with E-state index in [0.717, 1.165) is 11.3 Å². The van der Waals surface area contributed by atoms with E-state index in [1.807, 2.05) is 31.2 Å². The molecule has 2 unspecified atom stereocenters. The smallest absolute Gasteiger partial charge is 0.123 e. The molecule has 0 radical (unpaired) electrons. The molecule has 11 heavy (non-hydrogen) atoms. The molecule has 1 aromatic rings. The summed E-state index contributed by atoms with van der Waals surface area (Å²) in [6, 6.07) is 7.87. The highest BCUT2D eigenvalue weighted by Crippen LogP contribution is 2.36. The molecule has 1 heteroatoms. The van der Waals surface area contributed by atoms with Crippen LogP contribution in [0.15, 0.2) is 24.3 Å². The first-order chi connectivity index (χ1) is 5.61. The minimum Gasteiger partial charge on any atom is -0.490 e. The van der Waals surface area contributed by atoms with Crippen LogP contribution < -0.4 is 4.74 Å². The Morgan fingerprint density at radius 3 is 2.82 bits per heavy atom. The third kappa shape index (κ3) is 0.917. The van der Waals surface area contributed by atoms with Gasteiger partial charge < -0.3 is 4.74 Å². The van der Waals surface area contributed by atoms with Crippen LogP contribution in [0.2, 0.25) is 0 Å². The molecule has 2 atom stereocenters. The lowest BCUT2D eigenvalue weighted by atomic mass is 9.99. The summed E-state index contributed by atoms with van der Waals surface area (Å²) in [6.45, 7) is 3.83. The highest BCUT2D eigenvalue weighted by Gasteiger charge is 2.26. The molecule has 1 aromatic carbocycles. The Morgan fingerprint density at radius 2 is 2.09 bits per heavy atom. The molecule has 0 aromatic heterocycles. The van der Waals surface area contributed by atoms with Gasteiger partial charge in [-0.2, -0.15) is 0 Å². The normalized spacial score (nSPS) is 35.8. The van der Waals surface area contributed by atoms with E-state index in [0.29, 0.717) is 0 Å². The van der Waals surface area contributed by atoms with Crippen LogP contribution in [0.1, 0.15) is 26.7 Å². The van der Waals surface area contributed by atoms with E-state index < -0.39 is 6.08 Å². The first kappa shape index (κ1) is 5.64. The minimum absolute atomic E-state index is 0.161. The van der Waals surface area contributed by atoms with Crippen LogP contribution >= 0.6 is 0 Å². The highest BCUT2D eigenvalue weighted by atomic mass is 16.5. The summed E-state index contributed by atoms with van der Waals surface area (Å²) in [5.41, 5.74) is 1.15. The number of benzene rings is 1. The van der Waals surface area contributed by atoms with Gasteiger partial charge in [0.25, 0.3) is 0 Å². The molecule has 1 aliphatic rings. The molecule has 0 fully saturated rings. The number of para-hydroxylation sites is 1. The van der Waals surface area contributed by atoms with Crippen molar-refractivity contribution in [3.63, 3.8) is 0 Å². The van der Waals surface area contributed by atoms with Crippen molar-refractivity contribution in [3.8, 4) is 5.75 Å². The molecule has 0 N–H and O–H groups in total. The molecular formula is C10H12O. The van der Waals surface area contributed by atoms with Crippen LogP contribution in [0, 0.1) is 0 Å². The van der Waals surface area contributed by atoms with Crippen LogP contribution in [-0.2, 0) is 0 Å². The molecule has 0 amide bonds. The van der Waals surface area contributed by atoms with Gasteiger partial charge in [0, 0.05) is 11.5 Å². The van der Waals surface area contributed by atoms with Crippen molar-refractivity contribution >= 4 is 0 Å². The zero-order chi connectivity index (χ0) is 8.77. The molecule has 1 heterocycles. The number of hydrogen-bond donors (Lipinski definition) is 0. The first-order valence-corrected chi connectivity index (χ1v) is 3.89. The second kappa shape index (κ2) is 2.26. The number of hydrogen-bond acceptors (Lipinski definition) is 1. The van der Waals surface area contributed by atoms with Crippen molar-refractivity contribution in [3.05, 3.63) is 29.8 Å². The van der Waals surface area contributed by atoms with Gasteiger partial charge in [-0.15, -0.1) is 0 Å². The predicted molar refractivity (Wildman–Crippen MR) is 44.9 cm³/mol. The Balaban J connectivity index is 2.49. The first-order valence-electron chi connectivity index (χ1n) is 4.39. The fraction of sp³-hybridized carbons (Fsp3) is 0.400. The van der Waals surface area contributed by atoms with Crippen molar-refractivity contribution < 1.29 is 6.11 Å². The molecular weight excluding hydrogens is 136 g/mol. The summed E-state index contributed by atoms with van der Waals surface area (Å²) < 4.78 is 13.3. The molecule has 2 rings (SSSR count). The SMILES string of the molecule is [2H]C1(C)Oc2ccccc2C1C. The maximum absolute atomic E-state index is 7.86. The maximum Gasteiger partial charge on any atom is 0.123 e. The van der Waals surface area contributed by atoms with Gasteiger partial charge in [0.15, 0.2) is 0 Å². The highest BCUT2D eigenvalue weighted by molar-refractivity contribution is 5.40. The number of ether oxygens (including phenoxy) is 1. The summed E-state index contributed by atoms with van der Waals surface area (Å²) in [6.07, 6.45) is -0.788. The summed E-state index contributed by atoms with van der Waals surface area (Å²) in [4.78, 5) is 0. The van der Waals surface area contributed by atoms with E-state index in [2.05, 4.69) is 0 Å². The average Bonchev–Trinajstić information content (AvgIpc) is 2.24. The van der Waals surface area contributed by atoms with E-state index in [9.17, 15) is 0 Å². The molecule has 1 aliphatic heterocycles. The van der Waals surface area contributed by atoms with E-state index in [1.54, 1.807) is 6.92 Å². The standard InChI is InChI=1S/C10H12O/c1-7-8(2)11-10-6-4-3-5-9(7)10/h3-8H,1-2H3/i8D. The second-order valence-electron chi connectivity index (χ2n) is 2.97. The van der Waals surface area contributed by atoms with E-state index >= 15 is 0 Å². The third-order valence-electron chi connectivity index (χ3n) is 2.27. The zero-order valence-electron chi connectivity index (χ0n) is 7.79. The fourth-order valence-corrected chi connectivity index (χ4v) is 1.41. The lowest BCUT2D eigenvalue weighted by Crippen LogP contribution is -2.10. The van der Waals surface area contributed by atoms with Crippen molar-refractivity contribution in [2.24, 2.45) is 0 Å². The summed E-state index contributed by atoms with van der Waals surface area (Å²) in [5.74, 6) is 1.02. The molecule has 58 valence electrons. The molecule has 0 aliphatic carbocycles. The van der Waals surface area contributed by atoms with Crippen molar-refractivity contribution in [1.82, 2.24) is 0 Å². The van der Waals surface area contributed by atoms with Gasteiger partial charge in [0.2, 0.25) is 0 Å². The van der Waals surface area contributed by atoms with Gasteiger partial charge in [0.1, 0.15) is 11.8 Å². The predicted octanol–water partition coefficient (Wildman–Crippen LogP) is 2.57. The monoisotopic (exact) mass is 149 g/mol. The van der Waals surface area contributed by atoms with Crippen LogP contribution in [-0.4, -0.2) is 6.08 Å². The van der Waals surface area contributed by atoms with E-state index in [-0.39, 0.29) is 5.92 Å². The maximum atomic E-state index is 7.86. The van der Waals surface area contributed by atoms with Gasteiger partial charge in [-0.25, -0.2) is 0 Å². The summed E-state index contributed by atoms with van der Waals surface area (Å²) in [7, 11) is 0. The Hall–Kier alpha value is -0.980.